The zero-order chi connectivity index (χ0) is 14.0. The lowest BCUT2D eigenvalue weighted by atomic mass is 9.76. The summed E-state index contributed by atoms with van der Waals surface area (Å²) < 4.78 is 11.1. The highest BCUT2D eigenvalue weighted by Gasteiger charge is 2.40. The van der Waals surface area contributed by atoms with Gasteiger partial charge in [-0.2, -0.15) is 0 Å². The second-order valence-electron chi connectivity index (χ2n) is 5.64. The molecule has 1 saturated heterocycles. The standard InChI is InChI=1S/C16H21NO3/c1-2-5-16(6-7-17-11-16)15(18)12-3-4-13-14(10-12)20-9-8-19-13/h3-4,10,17H,2,5-9,11H2,1H3. The molecule has 1 unspecified atom stereocenters. The first-order valence-corrected chi connectivity index (χ1v) is 7.40. The Balaban J connectivity index is 1.89. The molecule has 0 saturated carbocycles. The van der Waals surface area contributed by atoms with Gasteiger partial charge in [-0.1, -0.05) is 13.3 Å². The quantitative estimate of drug-likeness (QED) is 0.857. The van der Waals surface area contributed by atoms with Crippen LogP contribution in [0.25, 0.3) is 0 Å². The van der Waals surface area contributed by atoms with E-state index in [9.17, 15) is 4.79 Å². The Bertz CT molecular complexity index is 506. The maximum absolute atomic E-state index is 12.9. The molecule has 4 nitrogen and oxygen atoms in total. The molecule has 1 aromatic carbocycles. The van der Waals surface area contributed by atoms with Crippen LogP contribution in [0.5, 0.6) is 11.5 Å². The Morgan fingerprint density at radius 2 is 2.10 bits per heavy atom. The van der Waals surface area contributed by atoms with Crippen molar-refractivity contribution in [2.24, 2.45) is 5.41 Å². The molecule has 4 heteroatoms. The van der Waals surface area contributed by atoms with Gasteiger partial charge in [0.2, 0.25) is 0 Å². The van der Waals surface area contributed by atoms with E-state index in [1.54, 1.807) is 0 Å². The summed E-state index contributed by atoms with van der Waals surface area (Å²) in [7, 11) is 0. The van der Waals surface area contributed by atoms with Gasteiger partial charge >= 0.3 is 0 Å². The highest BCUT2D eigenvalue weighted by Crippen LogP contribution is 2.37. The molecular weight excluding hydrogens is 254 g/mol. The number of ether oxygens (including phenoxy) is 2. The van der Waals surface area contributed by atoms with Gasteiger partial charge in [-0.15, -0.1) is 0 Å². The number of hydrogen-bond acceptors (Lipinski definition) is 4. The van der Waals surface area contributed by atoms with Crippen LogP contribution in [0.3, 0.4) is 0 Å². The van der Waals surface area contributed by atoms with Gasteiger partial charge in [0.25, 0.3) is 0 Å². The molecule has 0 bridgehead atoms. The SMILES string of the molecule is CCCC1(C(=O)c2ccc3c(c2)OCCO3)CCNC1. The predicted molar refractivity (Wildman–Crippen MR) is 76.6 cm³/mol. The first-order valence-electron chi connectivity index (χ1n) is 7.40. The largest absolute Gasteiger partial charge is 0.486 e. The van der Waals surface area contributed by atoms with E-state index in [1.165, 1.54) is 0 Å². The van der Waals surface area contributed by atoms with Crippen LogP contribution in [-0.2, 0) is 0 Å². The molecule has 0 amide bonds. The van der Waals surface area contributed by atoms with Crippen molar-refractivity contribution in [2.75, 3.05) is 26.3 Å². The van der Waals surface area contributed by atoms with Crippen LogP contribution in [0.2, 0.25) is 0 Å². The first kappa shape index (κ1) is 13.4. The number of fused-ring (bicyclic) bond motifs is 1. The molecule has 1 aromatic rings. The van der Waals surface area contributed by atoms with E-state index in [-0.39, 0.29) is 11.2 Å². The Kier molecular flexibility index (Phi) is 3.66. The fourth-order valence-corrected chi connectivity index (χ4v) is 3.23. The molecule has 2 aliphatic heterocycles. The summed E-state index contributed by atoms with van der Waals surface area (Å²) in [6.45, 7) is 4.97. The molecule has 1 N–H and O–H groups in total. The molecule has 1 atom stereocenters. The number of Topliss-reactive ketones (excluding diaryl/α,β-unsaturated/α-hetero) is 1. The second kappa shape index (κ2) is 5.44. The van der Waals surface area contributed by atoms with Gasteiger partial charge < -0.3 is 14.8 Å². The van der Waals surface area contributed by atoms with Crippen LogP contribution in [0, 0.1) is 5.41 Å². The number of rotatable bonds is 4. The molecule has 0 aromatic heterocycles. The van der Waals surface area contributed by atoms with Crippen LogP contribution in [0.4, 0.5) is 0 Å². The summed E-state index contributed by atoms with van der Waals surface area (Å²) in [4.78, 5) is 12.9. The van der Waals surface area contributed by atoms with Crippen molar-refractivity contribution in [1.29, 1.82) is 0 Å². The van der Waals surface area contributed by atoms with Gasteiger partial charge in [0.1, 0.15) is 13.2 Å². The molecule has 108 valence electrons. The van der Waals surface area contributed by atoms with Crippen molar-refractivity contribution in [3.8, 4) is 11.5 Å². The van der Waals surface area contributed by atoms with E-state index >= 15 is 0 Å². The molecule has 1 fully saturated rings. The van der Waals surface area contributed by atoms with Crippen molar-refractivity contribution >= 4 is 5.78 Å². The minimum atomic E-state index is -0.238. The van der Waals surface area contributed by atoms with Gasteiger partial charge in [0.05, 0.1) is 0 Å². The number of nitrogens with one attached hydrogen (secondary N) is 1. The van der Waals surface area contributed by atoms with E-state index in [0.717, 1.165) is 43.7 Å². The monoisotopic (exact) mass is 275 g/mol. The lowest BCUT2D eigenvalue weighted by molar-refractivity contribution is 0.0800. The fourth-order valence-electron chi connectivity index (χ4n) is 3.23. The van der Waals surface area contributed by atoms with Crippen LogP contribution < -0.4 is 14.8 Å². The minimum Gasteiger partial charge on any atom is -0.486 e. The van der Waals surface area contributed by atoms with Crippen molar-refractivity contribution in [3.63, 3.8) is 0 Å². The highest BCUT2D eigenvalue weighted by atomic mass is 16.6. The molecule has 0 spiro atoms. The lowest BCUT2D eigenvalue weighted by Crippen LogP contribution is -2.33. The van der Waals surface area contributed by atoms with Gasteiger partial charge in [0.15, 0.2) is 17.3 Å². The van der Waals surface area contributed by atoms with Crippen molar-refractivity contribution in [1.82, 2.24) is 5.32 Å². The summed E-state index contributed by atoms with van der Waals surface area (Å²) in [5.74, 6) is 1.67. The summed E-state index contributed by atoms with van der Waals surface area (Å²) in [6.07, 6.45) is 2.89. The first-order chi connectivity index (χ1) is 9.75. The second-order valence-corrected chi connectivity index (χ2v) is 5.64. The third-order valence-electron chi connectivity index (χ3n) is 4.26. The summed E-state index contributed by atoms with van der Waals surface area (Å²) in [5, 5.41) is 3.33. The zero-order valence-electron chi connectivity index (χ0n) is 11.9. The molecular formula is C16H21NO3. The number of carbonyl (C=O) groups is 1. The number of ketones is 1. The van der Waals surface area contributed by atoms with Gasteiger partial charge in [-0.05, 0) is 37.6 Å². The Hall–Kier alpha value is -1.55. The van der Waals surface area contributed by atoms with E-state index in [1.807, 2.05) is 18.2 Å². The molecule has 2 aliphatic rings. The summed E-state index contributed by atoms with van der Waals surface area (Å²) in [5.41, 5.74) is 0.504. The number of benzene rings is 1. The van der Waals surface area contributed by atoms with Crippen LogP contribution in [0.1, 0.15) is 36.5 Å². The van der Waals surface area contributed by atoms with E-state index in [0.29, 0.717) is 19.0 Å². The summed E-state index contributed by atoms with van der Waals surface area (Å²) >= 11 is 0. The maximum atomic E-state index is 12.9. The number of hydrogen-bond donors (Lipinski definition) is 1. The fraction of sp³-hybridized carbons (Fsp3) is 0.562. The average molecular weight is 275 g/mol. The third-order valence-corrected chi connectivity index (χ3v) is 4.26. The molecule has 0 radical (unpaired) electrons. The van der Waals surface area contributed by atoms with Crippen molar-refractivity contribution < 1.29 is 14.3 Å². The Morgan fingerprint density at radius 1 is 1.30 bits per heavy atom. The topological polar surface area (TPSA) is 47.6 Å². The minimum absolute atomic E-state index is 0.237. The van der Waals surface area contributed by atoms with Crippen LogP contribution in [-0.4, -0.2) is 32.1 Å². The molecule has 20 heavy (non-hydrogen) atoms. The van der Waals surface area contributed by atoms with Crippen LogP contribution in [0.15, 0.2) is 18.2 Å². The molecule has 2 heterocycles. The third kappa shape index (κ3) is 2.29. The van der Waals surface area contributed by atoms with Crippen molar-refractivity contribution in [3.05, 3.63) is 23.8 Å². The maximum Gasteiger partial charge on any atom is 0.170 e. The van der Waals surface area contributed by atoms with Crippen molar-refractivity contribution in [2.45, 2.75) is 26.2 Å². The van der Waals surface area contributed by atoms with Gasteiger partial charge in [-0.3, -0.25) is 4.79 Å². The van der Waals surface area contributed by atoms with E-state index < -0.39 is 0 Å². The Morgan fingerprint density at radius 3 is 2.80 bits per heavy atom. The van der Waals surface area contributed by atoms with Gasteiger partial charge in [-0.25, -0.2) is 0 Å². The Labute approximate surface area is 119 Å². The zero-order valence-corrected chi connectivity index (χ0v) is 11.9. The summed E-state index contributed by atoms with van der Waals surface area (Å²) in [6, 6.07) is 5.56. The lowest BCUT2D eigenvalue weighted by Gasteiger charge is -2.27. The molecule has 0 aliphatic carbocycles. The smallest absolute Gasteiger partial charge is 0.170 e. The number of carbonyl (C=O) groups excluding carboxylic acids is 1. The predicted octanol–water partition coefficient (Wildman–Crippen LogP) is 2.42. The van der Waals surface area contributed by atoms with Gasteiger partial charge in [0, 0.05) is 17.5 Å². The van der Waals surface area contributed by atoms with Crippen LogP contribution >= 0.6 is 0 Å². The average Bonchev–Trinajstić information content (AvgIpc) is 2.96. The molecule has 3 rings (SSSR count). The van der Waals surface area contributed by atoms with E-state index in [4.69, 9.17) is 9.47 Å². The van der Waals surface area contributed by atoms with E-state index in [2.05, 4.69) is 12.2 Å². The highest BCUT2D eigenvalue weighted by molar-refractivity contribution is 6.01. The normalized spacial score (nSPS) is 24.6.